The summed E-state index contributed by atoms with van der Waals surface area (Å²) < 4.78 is 5.56. The van der Waals surface area contributed by atoms with Crippen LogP contribution < -0.4 is 4.74 Å². The minimum absolute atomic E-state index is 0.403. The van der Waals surface area contributed by atoms with Gasteiger partial charge in [0, 0.05) is 36.9 Å². The molecule has 1 aromatic rings. The van der Waals surface area contributed by atoms with Gasteiger partial charge in [0.1, 0.15) is 0 Å². The Balaban J connectivity index is 0.00000232. The Kier molecular flexibility index (Phi) is 10.4. The van der Waals surface area contributed by atoms with Gasteiger partial charge in [-0.25, -0.2) is 4.98 Å². The van der Waals surface area contributed by atoms with Crippen LogP contribution in [0.15, 0.2) is 29.4 Å². The molecule has 0 aromatic carbocycles. The topological polar surface area (TPSA) is 54.7 Å². The van der Waals surface area contributed by atoms with Crippen molar-refractivity contribution >= 4 is 11.9 Å². The van der Waals surface area contributed by atoms with Crippen molar-refractivity contribution in [2.45, 2.75) is 53.1 Å². The first-order valence-corrected chi connectivity index (χ1v) is 7.90. The van der Waals surface area contributed by atoms with Crippen LogP contribution in [-0.2, 0) is 0 Å². The number of pyridine rings is 1. The fourth-order valence-electron chi connectivity index (χ4n) is 1.59. The van der Waals surface area contributed by atoms with E-state index in [1.165, 1.54) is 0 Å². The van der Waals surface area contributed by atoms with Crippen molar-refractivity contribution in [2.75, 3.05) is 6.61 Å². The molecule has 0 aliphatic rings. The molecule has 0 fully saturated rings. The summed E-state index contributed by atoms with van der Waals surface area (Å²) in [7, 11) is 0. The third-order valence-corrected chi connectivity index (χ3v) is 2.68. The third-order valence-electron chi connectivity index (χ3n) is 2.68. The second-order valence-corrected chi connectivity index (χ2v) is 5.18. The number of hydrogen-bond acceptors (Lipinski definition) is 4. The third kappa shape index (κ3) is 9.49. The van der Waals surface area contributed by atoms with Crippen molar-refractivity contribution in [3.63, 3.8) is 0 Å². The van der Waals surface area contributed by atoms with E-state index in [4.69, 9.17) is 11.2 Å². The highest BCUT2D eigenvalue weighted by Crippen LogP contribution is 2.20. The molecular weight excluding hydrogens is 288 g/mol. The summed E-state index contributed by atoms with van der Waals surface area (Å²) in [5, 5.41) is 9.66. The molecule has 0 amide bonds. The zero-order valence-electron chi connectivity index (χ0n) is 14.8. The number of allylic oxidation sites excluding steroid dienone is 1. The molecule has 0 atom stereocenters. The molecule has 0 radical (unpaired) electrons. The highest BCUT2D eigenvalue weighted by Gasteiger charge is 2.12. The van der Waals surface area contributed by atoms with Crippen LogP contribution in [0.5, 0.6) is 5.88 Å². The van der Waals surface area contributed by atoms with Gasteiger partial charge in [-0.15, -0.1) is 12.3 Å². The first kappa shape index (κ1) is 20.9. The van der Waals surface area contributed by atoms with E-state index < -0.39 is 5.60 Å². The summed E-state index contributed by atoms with van der Waals surface area (Å²) in [6.07, 6.45) is 11.6. The number of nitrogens with zero attached hydrogens (tertiary/aromatic N) is 2. The van der Waals surface area contributed by atoms with Gasteiger partial charge >= 0.3 is 0 Å². The first-order chi connectivity index (χ1) is 11.0. The van der Waals surface area contributed by atoms with Gasteiger partial charge in [-0.2, -0.15) is 0 Å². The Bertz CT molecular complexity index is 549. The maximum absolute atomic E-state index is 9.66. The van der Waals surface area contributed by atoms with Crippen molar-refractivity contribution in [1.29, 1.82) is 0 Å². The zero-order chi connectivity index (χ0) is 17.7. The number of ether oxygens (including phenoxy) is 1. The van der Waals surface area contributed by atoms with Crippen LogP contribution in [0.1, 0.15) is 53.0 Å². The van der Waals surface area contributed by atoms with Crippen LogP contribution in [0.2, 0.25) is 0 Å². The maximum Gasteiger partial charge on any atom is 0.213 e. The Morgan fingerprint density at radius 3 is 2.74 bits per heavy atom. The van der Waals surface area contributed by atoms with Crippen molar-refractivity contribution in [2.24, 2.45) is 4.99 Å². The van der Waals surface area contributed by atoms with Gasteiger partial charge in [0.25, 0.3) is 0 Å². The maximum atomic E-state index is 9.66. The summed E-state index contributed by atoms with van der Waals surface area (Å²) >= 11 is 0. The van der Waals surface area contributed by atoms with Crippen molar-refractivity contribution in [3.05, 3.63) is 30.0 Å². The average molecular weight is 316 g/mol. The van der Waals surface area contributed by atoms with Gasteiger partial charge in [-0.3, -0.25) is 4.99 Å². The molecule has 1 rings (SSSR count). The van der Waals surface area contributed by atoms with E-state index in [2.05, 4.69) is 15.9 Å². The highest BCUT2D eigenvalue weighted by atomic mass is 16.5. The smallest absolute Gasteiger partial charge is 0.213 e. The molecule has 0 aliphatic carbocycles. The standard InChI is InChI=1S/C17H22N2O2.C2H6/c1-5-7-8-15(18-6-2)14-9-11-19-16(13-14)21-12-10-17(3,4)20;1-2/h1,6,8-9,11,13,20H,7,10,12H2,2-4H3;1-2H3/b15-8-,18-6?;. The molecule has 1 heterocycles. The monoisotopic (exact) mass is 316 g/mol. The van der Waals surface area contributed by atoms with Crippen LogP contribution in [0.4, 0.5) is 0 Å². The largest absolute Gasteiger partial charge is 0.478 e. The van der Waals surface area contributed by atoms with Gasteiger partial charge < -0.3 is 9.84 Å². The zero-order valence-corrected chi connectivity index (χ0v) is 14.8. The molecular formula is C19H28N2O2. The number of hydrogen-bond donors (Lipinski definition) is 1. The quantitative estimate of drug-likeness (QED) is 0.608. The molecule has 0 saturated heterocycles. The number of aliphatic imine (C=N–C) groups is 1. The SMILES string of the molecule is C#CC/C=C(\N=CC)c1ccnc(OCCC(C)(C)O)c1.CC. The van der Waals surface area contributed by atoms with Crippen molar-refractivity contribution in [3.8, 4) is 18.2 Å². The Hall–Kier alpha value is -2.12. The van der Waals surface area contributed by atoms with E-state index in [1.54, 1.807) is 26.3 Å². The van der Waals surface area contributed by atoms with E-state index in [1.807, 2.05) is 39.0 Å². The second kappa shape index (κ2) is 11.4. The van der Waals surface area contributed by atoms with Crippen LogP contribution >= 0.6 is 0 Å². The van der Waals surface area contributed by atoms with Gasteiger partial charge in [0.15, 0.2) is 0 Å². The molecule has 1 aromatic heterocycles. The summed E-state index contributed by atoms with van der Waals surface area (Å²) in [6, 6.07) is 3.68. The Morgan fingerprint density at radius 1 is 1.48 bits per heavy atom. The Labute approximate surface area is 140 Å². The summed E-state index contributed by atoms with van der Waals surface area (Å²) in [6.45, 7) is 9.75. The molecule has 4 nitrogen and oxygen atoms in total. The molecule has 0 saturated carbocycles. The molecule has 0 spiro atoms. The lowest BCUT2D eigenvalue weighted by atomic mass is 10.1. The van der Waals surface area contributed by atoms with Gasteiger partial charge in [-0.1, -0.05) is 13.8 Å². The van der Waals surface area contributed by atoms with E-state index >= 15 is 0 Å². The predicted molar refractivity (Wildman–Crippen MR) is 97.6 cm³/mol. The van der Waals surface area contributed by atoms with Crippen LogP contribution in [0.25, 0.3) is 5.70 Å². The lowest BCUT2D eigenvalue weighted by molar-refractivity contribution is 0.0547. The molecule has 1 N–H and O–H groups in total. The van der Waals surface area contributed by atoms with E-state index in [-0.39, 0.29) is 0 Å². The number of rotatable bonds is 7. The fraction of sp³-hybridized carbons (Fsp3) is 0.474. The summed E-state index contributed by atoms with van der Waals surface area (Å²) in [5.41, 5.74) is 0.948. The van der Waals surface area contributed by atoms with Crippen molar-refractivity contribution < 1.29 is 9.84 Å². The second-order valence-electron chi connectivity index (χ2n) is 5.18. The Morgan fingerprint density at radius 2 is 2.17 bits per heavy atom. The number of aliphatic hydroxyl groups is 1. The minimum Gasteiger partial charge on any atom is -0.478 e. The van der Waals surface area contributed by atoms with Crippen molar-refractivity contribution in [1.82, 2.24) is 4.98 Å². The molecule has 0 aliphatic heterocycles. The van der Waals surface area contributed by atoms with E-state index in [9.17, 15) is 5.11 Å². The van der Waals surface area contributed by atoms with Crippen LogP contribution in [0, 0.1) is 12.3 Å². The summed E-state index contributed by atoms with van der Waals surface area (Å²) in [4.78, 5) is 8.47. The van der Waals surface area contributed by atoms with Crippen LogP contribution in [0.3, 0.4) is 0 Å². The first-order valence-electron chi connectivity index (χ1n) is 7.90. The minimum atomic E-state index is -0.748. The van der Waals surface area contributed by atoms with Crippen LogP contribution in [-0.4, -0.2) is 28.5 Å². The van der Waals surface area contributed by atoms with E-state index in [0.717, 1.165) is 11.3 Å². The van der Waals surface area contributed by atoms with E-state index in [0.29, 0.717) is 25.3 Å². The molecule has 0 bridgehead atoms. The number of terminal acetylenes is 1. The molecule has 4 heteroatoms. The molecule has 23 heavy (non-hydrogen) atoms. The fourth-order valence-corrected chi connectivity index (χ4v) is 1.59. The molecule has 126 valence electrons. The summed E-state index contributed by atoms with van der Waals surface area (Å²) in [5.74, 6) is 3.08. The van der Waals surface area contributed by atoms with Gasteiger partial charge in [0.05, 0.1) is 17.9 Å². The van der Waals surface area contributed by atoms with Gasteiger partial charge in [0.2, 0.25) is 5.88 Å². The predicted octanol–water partition coefficient (Wildman–Crippen LogP) is 4.10. The normalized spacial score (nSPS) is 11.6. The van der Waals surface area contributed by atoms with Gasteiger partial charge in [-0.05, 0) is 32.9 Å². The lowest BCUT2D eigenvalue weighted by Gasteiger charge is -2.16. The molecule has 0 unspecified atom stereocenters. The lowest BCUT2D eigenvalue weighted by Crippen LogP contribution is -2.21. The highest BCUT2D eigenvalue weighted by molar-refractivity contribution is 5.73. The average Bonchev–Trinajstić information content (AvgIpc) is 2.52. The number of aromatic nitrogens is 1.